The molecule has 1 aromatic rings. The van der Waals surface area contributed by atoms with Gasteiger partial charge < -0.3 is 16.2 Å². The minimum atomic E-state index is -0.931. The zero-order chi connectivity index (χ0) is 15.3. The second-order valence-corrected chi connectivity index (χ2v) is 4.37. The summed E-state index contributed by atoms with van der Waals surface area (Å²) in [6.07, 6.45) is 1.87. The number of carboxylic acids is 1. The summed E-state index contributed by atoms with van der Waals surface area (Å²) in [6, 6.07) is 0. The Labute approximate surface area is 115 Å². The van der Waals surface area contributed by atoms with Gasteiger partial charge in [0.05, 0.1) is 10.3 Å². The van der Waals surface area contributed by atoms with Gasteiger partial charge in [-0.2, -0.15) is 4.98 Å². The van der Waals surface area contributed by atoms with Crippen LogP contribution >= 0.6 is 0 Å². The molecule has 0 spiro atoms. The number of aromatic nitrogens is 2. The quantitative estimate of drug-likeness (QED) is 0.501. The van der Waals surface area contributed by atoms with Crippen LogP contribution in [0.15, 0.2) is 6.20 Å². The summed E-state index contributed by atoms with van der Waals surface area (Å²) in [5.74, 6) is -1.10. The van der Waals surface area contributed by atoms with Gasteiger partial charge in [-0.05, 0) is 12.8 Å². The molecule has 0 unspecified atom stereocenters. The molecule has 0 fully saturated rings. The molecule has 0 bridgehead atoms. The summed E-state index contributed by atoms with van der Waals surface area (Å²) >= 11 is 0. The lowest BCUT2D eigenvalue weighted by Gasteiger charge is -2.26. The van der Waals surface area contributed by atoms with Crippen LogP contribution in [-0.4, -0.2) is 32.5 Å². The molecule has 1 aromatic heterocycles. The van der Waals surface area contributed by atoms with E-state index in [2.05, 4.69) is 15.3 Å². The highest BCUT2D eigenvalue weighted by Gasteiger charge is 2.34. The SMILES string of the molecule is CCC(CC)(CNc1ncc([N+](=O)[O-])c(N)n1)C(=O)O. The van der Waals surface area contributed by atoms with E-state index in [1.807, 2.05) is 0 Å². The van der Waals surface area contributed by atoms with Crippen molar-refractivity contribution >= 4 is 23.4 Å². The predicted octanol–water partition coefficient (Wildman–Crippen LogP) is 1.27. The molecule has 0 atom stereocenters. The summed E-state index contributed by atoms with van der Waals surface area (Å²) < 4.78 is 0. The number of carboxylic acid groups (broad SMARTS) is 1. The van der Waals surface area contributed by atoms with Crippen molar-refractivity contribution < 1.29 is 14.8 Å². The first-order valence-electron chi connectivity index (χ1n) is 6.10. The highest BCUT2D eigenvalue weighted by Crippen LogP contribution is 2.27. The number of rotatable bonds is 7. The van der Waals surface area contributed by atoms with Crippen molar-refractivity contribution in [2.75, 3.05) is 17.6 Å². The number of anilines is 2. The van der Waals surface area contributed by atoms with Crippen molar-refractivity contribution in [1.82, 2.24) is 9.97 Å². The number of nitrogens with zero attached hydrogens (tertiary/aromatic N) is 3. The van der Waals surface area contributed by atoms with Crippen LogP contribution in [0.5, 0.6) is 0 Å². The molecule has 0 aliphatic rings. The minimum Gasteiger partial charge on any atom is -0.481 e. The van der Waals surface area contributed by atoms with E-state index in [4.69, 9.17) is 5.73 Å². The van der Waals surface area contributed by atoms with Gasteiger partial charge >= 0.3 is 11.7 Å². The minimum absolute atomic E-state index is 0.0700. The summed E-state index contributed by atoms with van der Waals surface area (Å²) in [5.41, 5.74) is 4.12. The lowest BCUT2D eigenvalue weighted by atomic mass is 9.82. The number of nitrogens with two attached hydrogens (primary N) is 1. The first-order chi connectivity index (χ1) is 9.36. The van der Waals surface area contributed by atoms with Gasteiger partial charge in [0.2, 0.25) is 11.8 Å². The van der Waals surface area contributed by atoms with Gasteiger partial charge in [0.25, 0.3) is 0 Å². The Balaban J connectivity index is 2.87. The van der Waals surface area contributed by atoms with Crippen LogP contribution in [0, 0.1) is 15.5 Å². The van der Waals surface area contributed by atoms with Crippen LogP contribution in [0.2, 0.25) is 0 Å². The second-order valence-electron chi connectivity index (χ2n) is 4.37. The fraction of sp³-hybridized carbons (Fsp3) is 0.545. The Hall–Kier alpha value is -2.45. The van der Waals surface area contributed by atoms with Gasteiger partial charge in [0.1, 0.15) is 6.20 Å². The van der Waals surface area contributed by atoms with E-state index in [0.29, 0.717) is 12.8 Å². The Morgan fingerprint density at radius 1 is 1.55 bits per heavy atom. The number of hydrogen-bond acceptors (Lipinski definition) is 7. The molecule has 1 rings (SSSR count). The van der Waals surface area contributed by atoms with Crippen molar-refractivity contribution in [3.05, 3.63) is 16.3 Å². The molecule has 0 aliphatic heterocycles. The molecule has 0 saturated carbocycles. The standard InChI is InChI=1S/C11H17N5O4/c1-3-11(4-2,9(17)18)6-14-10-13-5-7(16(19)20)8(12)15-10/h5H,3-4,6H2,1-2H3,(H,17,18)(H3,12,13,14,15). The normalized spacial score (nSPS) is 11.1. The first kappa shape index (κ1) is 15.6. The number of aliphatic carboxylic acids is 1. The molecule has 1 heterocycles. The fourth-order valence-corrected chi connectivity index (χ4v) is 1.74. The van der Waals surface area contributed by atoms with Gasteiger partial charge in [-0.1, -0.05) is 13.8 Å². The van der Waals surface area contributed by atoms with E-state index in [9.17, 15) is 20.0 Å². The van der Waals surface area contributed by atoms with Crippen LogP contribution < -0.4 is 11.1 Å². The van der Waals surface area contributed by atoms with Crippen molar-refractivity contribution in [1.29, 1.82) is 0 Å². The average Bonchev–Trinajstić information content (AvgIpc) is 2.39. The van der Waals surface area contributed by atoms with Crippen LogP contribution in [0.25, 0.3) is 0 Å². The molecule has 0 radical (unpaired) electrons. The first-order valence-corrected chi connectivity index (χ1v) is 6.10. The van der Waals surface area contributed by atoms with Crippen molar-refractivity contribution in [2.45, 2.75) is 26.7 Å². The van der Waals surface area contributed by atoms with E-state index in [-0.39, 0.29) is 24.0 Å². The Kier molecular flexibility index (Phi) is 4.78. The molecule has 20 heavy (non-hydrogen) atoms. The predicted molar refractivity (Wildman–Crippen MR) is 72.2 cm³/mol. The van der Waals surface area contributed by atoms with E-state index in [0.717, 1.165) is 6.20 Å². The van der Waals surface area contributed by atoms with Crippen LogP contribution in [0.4, 0.5) is 17.5 Å². The van der Waals surface area contributed by atoms with E-state index < -0.39 is 16.3 Å². The molecule has 0 aromatic carbocycles. The number of hydrogen-bond donors (Lipinski definition) is 3. The molecule has 0 amide bonds. The summed E-state index contributed by atoms with van der Waals surface area (Å²) in [7, 11) is 0. The molecular weight excluding hydrogens is 266 g/mol. The number of nitro groups is 1. The summed E-state index contributed by atoms with van der Waals surface area (Å²) in [4.78, 5) is 28.7. The van der Waals surface area contributed by atoms with Crippen molar-refractivity contribution in [3.63, 3.8) is 0 Å². The smallest absolute Gasteiger partial charge is 0.329 e. The summed E-state index contributed by atoms with van der Waals surface area (Å²) in [5, 5.41) is 22.6. The maximum absolute atomic E-state index is 11.3. The molecule has 0 aliphatic carbocycles. The third-order valence-electron chi connectivity index (χ3n) is 3.39. The Morgan fingerprint density at radius 3 is 2.55 bits per heavy atom. The lowest BCUT2D eigenvalue weighted by Crippen LogP contribution is -2.37. The Morgan fingerprint density at radius 2 is 2.15 bits per heavy atom. The van der Waals surface area contributed by atoms with Gasteiger partial charge in [0, 0.05) is 6.54 Å². The fourth-order valence-electron chi connectivity index (χ4n) is 1.74. The van der Waals surface area contributed by atoms with Crippen LogP contribution in [0.3, 0.4) is 0 Å². The lowest BCUT2D eigenvalue weighted by molar-refractivity contribution is -0.384. The summed E-state index contributed by atoms with van der Waals surface area (Å²) in [6.45, 7) is 3.68. The highest BCUT2D eigenvalue weighted by atomic mass is 16.6. The average molecular weight is 283 g/mol. The zero-order valence-electron chi connectivity index (χ0n) is 11.3. The van der Waals surface area contributed by atoms with Crippen molar-refractivity contribution in [2.24, 2.45) is 5.41 Å². The Bertz CT molecular complexity index is 516. The molecule has 9 heteroatoms. The maximum atomic E-state index is 11.3. The monoisotopic (exact) mass is 283 g/mol. The molecule has 4 N–H and O–H groups in total. The van der Waals surface area contributed by atoms with E-state index >= 15 is 0 Å². The maximum Gasteiger partial charge on any atom is 0.329 e. The zero-order valence-corrected chi connectivity index (χ0v) is 11.3. The number of nitrogen functional groups attached to an aromatic ring is 1. The third-order valence-corrected chi connectivity index (χ3v) is 3.39. The largest absolute Gasteiger partial charge is 0.481 e. The highest BCUT2D eigenvalue weighted by molar-refractivity contribution is 5.75. The van der Waals surface area contributed by atoms with Gasteiger partial charge in [-0.25, -0.2) is 4.98 Å². The molecule has 110 valence electrons. The van der Waals surface area contributed by atoms with Crippen LogP contribution in [-0.2, 0) is 4.79 Å². The number of carbonyl (C=O) groups is 1. The topological polar surface area (TPSA) is 144 Å². The van der Waals surface area contributed by atoms with Gasteiger partial charge in [-0.15, -0.1) is 0 Å². The van der Waals surface area contributed by atoms with Crippen molar-refractivity contribution in [3.8, 4) is 0 Å². The van der Waals surface area contributed by atoms with E-state index in [1.165, 1.54) is 0 Å². The molecule has 0 saturated heterocycles. The molecular formula is C11H17N5O4. The third kappa shape index (κ3) is 3.11. The number of nitrogens with one attached hydrogen (secondary N) is 1. The van der Waals surface area contributed by atoms with Crippen LogP contribution in [0.1, 0.15) is 26.7 Å². The van der Waals surface area contributed by atoms with Gasteiger partial charge in [0.15, 0.2) is 0 Å². The van der Waals surface area contributed by atoms with Gasteiger partial charge in [-0.3, -0.25) is 14.9 Å². The molecule has 9 nitrogen and oxygen atoms in total. The second kappa shape index (κ2) is 6.13. The van der Waals surface area contributed by atoms with E-state index in [1.54, 1.807) is 13.8 Å².